The molecule has 0 bridgehead atoms. The van der Waals surface area contributed by atoms with Crippen LogP contribution in [0, 0.1) is 13.8 Å². The fourth-order valence-electron chi connectivity index (χ4n) is 3.67. The maximum Gasteiger partial charge on any atom is 0.256 e. The first-order chi connectivity index (χ1) is 15.0. The number of hydrogen-bond acceptors (Lipinski definition) is 4. The Labute approximate surface area is 181 Å². The van der Waals surface area contributed by atoms with Crippen molar-refractivity contribution >= 4 is 28.3 Å². The summed E-state index contributed by atoms with van der Waals surface area (Å²) in [5, 5.41) is 3.76. The first kappa shape index (κ1) is 20.4. The van der Waals surface area contributed by atoms with Gasteiger partial charge in [0.1, 0.15) is 0 Å². The molecule has 0 saturated carbocycles. The monoisotopic (exact) mass is 409 g/mol. The minimum atomic E-state index is -0.225. The van der Waals surface area contributed by atoms with Gasteiger partial charge in [0.05, 0.1) is 16.8 Å². The number of ketones is 1. The predicted octanol–water partition coefficient (Wildman–Crippen LogP) is 5.76. The minimum absolute atomic E-state index is 0.0741. The lowest BCUT2D eigenvalue weighted by Gasteiger charge is -2.13. The Morgan fingerprint density at radius 1 is 1.00 bits per heavy atom. The second-order valence-corrected chi connectivity index (χ2v) is 7.58. The second kappa shape index (κ2) is 8.48. The van der Waals surface area contributed by atoms with Crippen molar-refractivity contribution in [3.63, 3.8) is 0 Å². The normalized spacial score (nSPS) is 10.8. The number of fused-ring (bicyclic) bond motifs is 1. The number of aryl methyl sites for hydroxylation is 2. The number of benzene rings is 2. The number of hydrogen-bond donors (Lipinski definition) is 1. The molecule has 5 nitrogen and oxygen atoms in total. The maximum absolute atomic E-state index is 13.3. The molecule has 31 heavy (non-hydrogen) atoms. The predicted molar refractivity (Wildman–Crippen MR) is 123 cm³/mol. The van der Waals surface area contributed by atoms with Gasteiger partial charge < -0.3 is 5.32 Å². The fourth-order valence-corrected chi connectivity index (χ4v) is 3.67. The zero-order chi connectivity index (χ0) is 22.0. The van der Waals surface area contributed by atoms with Crippen LogP contribution < -0.4 is 5.32 Å². The molecular weight excluding hydrogens is 386 g/mol. The molecule has 0 radical (unpaired) electrons. The summed E-state index contributed by atoms with van der Waals surface area (Å²) in [6, 6.07) is 16.6. The Bertz CT molecular complexity index is 1280. The number of aromatic nitrogens is 2. The summed E-state index contributed by atoms with van der Waals surface area (Å²) in [7, 11) is 0. The van der Waals surface area contributed by atoms with Crippen LogP contribution in [0.15, 0.2) is 67.0 Å². The van der Waals surface area contributed by atoms with Gasteiger partial charge in [0, 0.05) is 41.0 Å². The first-order valence-corrected chi connectivity index (χ1v) is 10.2. The van der Waals surface area contributed by atoms with Gasteiger partial charge in [0.15, 0.2) is 5.78 Å². The summed E-state index contributed by atoms with van der Waals surface area (Å²) in [5.74, 6) is -0.151. The standard InChI is InChI=1S/C26H23N3O2/c1-4-24(30)18-7-9-20(10-8-18)28-26(31)22-14-23(19-6-5-11-27-15-19)29-25-17(3)12-16(2)13-21(22)25/h5-15H,4H2,1-3H3,(H,28,31). The van der Waals surface area contributed by atoms with Crippen LogP contribution in [0.4, 0.5) is 5.69 Å². The van der Waals surface area contributed by atoms with Crippen molar-refractivity contribution in [1.29, 1.82) is 0 Å². The molecule has 1 amide bonds. The molecule has 0 unspecified atom stereocenters. The van der Waals surface area contributed by atoms with Crippen molar-refractivity contribution in [1.82, 2.24) is 9.97 Å². The molecule has 2 heterocycles. The molecule has 0 aliphatic carbocycles. The van der Waals surface area contributed by atoms with Crippen LogP contribution in [0.25, 0.3) is 22.2 Å². The molecule has 0 atom stereocenters. The highest BCUT2D eigenvalue weighted by Gasteiger charge is 2.16. The van der Waals surface area contributed by atoms with Crippen LogP contribution in [0.3, 0.4) is 0 Å². The summed E-state index contributed by atoms with van der Waals surface area (Å²) in [6.45, 7) is 5.84. The summed E-state index contributed by atoms with van der Waals surface area (Å²) in [6.07, 6.45) is 3.90. The number of amides is 1. The van der Waals surface area contributed by atoms with Crippen LogP contribution in [-0.4, -0.2) is 21.7 Å². The van der Waals surface area contributed by atoms with Crippen molar-refractivity contribution in [3.8, 4) is 11.3 Å². The summed E-state index contributed by atoms with van der Waals surface area (Å²) < 4.78 is 0. The molecule has 0 fully saturated rings. The number of rotatable bonds is 5. The lowest BCUT2D eigenvalue weighted by atomic mass is 9.99. The average Bonchev–Trinajstić information content (AvgIpc) is 2.79. The highest BCUT2D eigenvalue weighted by molar-refractivity contribution is 6.13. The van der Waals surface area contributed by atoms with Gasteiger partial charge in [0.2, 0.25) is 0 Å². The molecular formula is C26H23N3O2. The van der Waals surface area contributed by atoms with E-state index in [2.05, 4.69) is 16.4 Å². The second-order valence-electron chi connectivity index (χ2n) is 7.58. The van der Waals surface area contributed by atoms with Crippen molar-refractivity contribution in [2.45, 2.75) is 27.2 Å². The highest BCUT2D eigenvalue weighted by Crippen LogP contribution is 2.28. The number of pyridine rings is 2. The average molecular weight is 409 g/mol. The van der Waals surface area contributed by atoms with Gasteiger partial charge in [-0.05, 0) is 67.9 Å². The highest BCUT2D eigenvalue weighted by atomic mass is 16.1. The van der Waals surface area contributed by atoms with E-state index in [9.17, 15) is 9.59 Å². The van der Waals surface area contributed by atoms with Crippen LogP contribution in [0.5, 0.6) is 0 Å². The number of Topliss-reactive ketones (excluding diaryl/α,β-unsaturated/α-hetero) is 1. The lowest BCUT2D eigenvalue weighted by Crippen LogP contribution is -2.13. The van der Waals surface area contributed by atoms with Crippen LogP contribution >= 0.6 is 0 Å². The van der Waals surface area contributed by atoms with E-state index in [1.54, 1.807) is 36.7 Å². The molecule has 2 aromatic heterocycles. The van der Waals surface area contributed by atoms with Crippen LogP contribution in [0.2, 0.25) is 0 Å². The van der Waals surface area contributed by atoms with Crippen LogP contribution in [-0.2, 0) is 0 Å². The smallest absolute Gasteiger partial charge is 0.256 e. The largest absolute Gasteiger partial charge is 0.322 e. The number of carbonyl (C=O) groups is 2. The Kier molecular flexibility index (Phi) is 5.58. The third-order valence-corrected chi connectivity index (χ3v) is 5.24. The number of carbonyl (C=O) groups excluding carboxylic acids is 2. The Hall–Kier alpha value is -3.86. The van der Waals surface area contributed by atoms with E-state index in [1.807, 2.05) is 45.0 Å². The summed E-state index contributed by atoms with van der Waals surface area (Å²) >= 11 is 0. The van der Waals surface area contributed by atoms with Gasteiger partial charge in [-0.1, -0.05) is 18.6 Å². The Morgan fingerprint density at radius 3 is 2.45 bits per heavy atom. The lowest BCUT2D eigenvalue weighted by molar-refractivity contribution is 0.0987. The van der Waals surface area contributed by atoms with Crippen molar-refractivity contribution < 1.29 is 9.59 Å². The summed E-state index contributed by atoms with van der Waals surface area (Å²) in [5.41, 5.74) is 6.23. The molecule has 0 saturated heterocycles. The molecule has 0 spiro atoms. The van der Waals surface area contributed by atoms with Crippen molar-refractivity contribution in [2.24, 2.45) is 0 Å². The first-order valence-electron chi connectivity index (χ1n) is 10.2. The molecule has 2 aromatic carbocycles. The molecule has 1 N–H and O–H groups in total. The zero-order valence-corrected chi connectivity index (χ0v) is 17.8. The molecule has 0 aliphatic heterocycles. The van der Waals surface area contributed by atoms with E-state index in [1.165, 1.54) is 0 Å². The van der Waals surface area contributed by atoms with Gasteiger partial charge in [-0.25, -0.2) is 4.98 Å². The van der Waals surface area contributed by atoms with Gasteiger partial charge in [-0.3, -0.25) is 14.6 Å². The Morgan fingerprint density at radius 2 is 1.77 bits per heavy atom. The molecule has 154 valence electrons. The van der Waals surface area contributed by atoms with Gasteiger partial charge >= 0.3 is 0 Å². The maximum atomic E-state index is 13.3. The van der Waals surface area contributed by atoms with Gasteiger partial charge in [-0.15, -0.1) is 0 Å². The van der Waals surface area contributed by atoms with E-state index >= 15 is 0 Å². The third kappa shape index (κ3) is 4.21. The topological polar surface area (TPSA) is 72.0 Å². The van der Waals surface area contributed by atoms with Gasteiger partial charge in [0.25, 0.3) is 5.91 Å². The third-order valence-electron chi connectivity index (χ3n) is 5.24. The van der Waals surface area contributed by atoms with E-state index in [0.717, 1.165) is 27.6 Å². The van der Waals surface area contributed by atoms with E-state index in [4.69, 9.17) is 4.98 Å². The molecule has 0 aliphatic rings. The van der Waals surface area contributed by atoms with Crippen LogP contribution in [0.1, 0.15) is 45.2 Å². The molecule has 5 heteroatoms. The number of nitrogens with zero attached hydrogens (tertiary/aromatic N) is 2. The summed E-state index contributed by atoms with van der Waals surface area (Å²) in [4.78, 5) is 34.1. The van der Waals surface area contributed by atoms with Crippen molar-refractivity contribution in [2.75, 3.05) is 5.32 Å². The SMILES string of the molecule is CCC(=O)c1ccc(NC(=O)c2cc(-c3cccnc3)nc3c(C)cc(C)cc23)cc1. The number of nitrogens with one attached hydrogen (secondary N) is 1. The molecule has 4 rings (SSSR count). The fraction of sp³-hybridized carbons (Fsp3) is 0.154. The Balaban J connectivity index is 1.78. The molecule has 4 aromatic rings. The minimum Gasteiger partial charge on any atom is -0.322 e. The van der Waals surface area contributed by atoms with E-state index in [-0.39, 0.29) is 11.7 Å². The quantitative estimate of drug-likeness (QED) is 0.426. The van der Waals surface area contributed by atoms with E-state index < -0.39 is 0 Å². The zero-order valence-electron chi connectivity index (χ0n) is 17.8. The van der Waals surface area contributed by atoms with Crippen molar-refractivity contribution in [3.05, 3.63) is 89.2 Å². The van der Waals surface area contributed by atoms with E-state index in [0.29, 0.717) is 28.9 Å². The number of anilines is 1. The van der Waals surface area contributed by atoms with Gasteiger partial charge in [-0.2, -0.15) is 0 Å².